The molecule has 1 heterocycles. The maximum absolute atomic E-state index is 13.9. The summed E-state index contributed by atoms with van der Waals surface area (Å²) in [5.41, 5.74) is 6.82. The summed E-state index contributed by atoms with van der Waals surface area (Å²) in [6.07, 6.45) is -0.210. The van der Waals surface area contributed by atoms with Crippen molar-refractivity contribution in [1.82, 2.24) is 0 Å². The van der Waals surface area contributed by atoms with Crippen LogP contribution in [-0.2, 0) is 0 Å². The third-order valence-electron chi connectivity index (χ3n) is 3.29. The van der Waals surface area contributed by atoms with Gasteiger partial charge in [0.2, 0.25) is 0 Å². The van der Waals surface area contributed by atoms with Gasteiger partial charge in [-0.3, -0.25) is 0 Å². The van der Waals surface area contributed by atoms with Crippen molar-refractivity contribution in [2.75, 3.05) is 18.4 Å². The molecule has 0 saturated carbocycles. The Balaban J connectivity index is 2.16. The minimum atomic E-state index is -0.440. The first kappa shape index (κ1) is 12.9. The molecule has 0 aliphatic carbocycles. The molecular formula is C15H14F2N2O. The molecule has 1 aliphatic rings. The summed E-state index contributed by atoms with van der Waals surface area (Å²) >= 11 is 0. The molecule has 0 saturated heterocycles. The number of rotatable bonds is 2. The van der Waals surface area contributed by atoms with Crippen LogP contribution < -0.4 is 15.8 Å². The van der Waals surface area contributed by atoms with Crippen molar-refractivity contribution in [1.29, 1.82) is 0 Å². The normalized spacial score (nSPS) is 17.1. The monoisotopic (exact) mass is 276 g/mol. The molecule has 0 aromatic heterocycles. The van der Waals surface area contributed by atoms with E-state index < -0.39 is 11.6 Å². The molecule has 20 heavy (non-hydrogen) atoms. The highest BCUT2D eigenvalue weighted by atomic mass is 19.1. The number of halogens is 2. The minimum Gasteiger partial charge on any atom is -0.484 e. The van der Waals surface area contributed by atoms with Gasteiger partial charge in [0.05, 0.1) is 12.2 Å². The van der Waals surface area contributed by atoms with Crippen LogP contribution in [0, 0.1) is 11.6 Å². The van der Waals surface area contributed by atoms with E-state index in [0.29, 0.717) is 35.7 Å². The quantitative estimate of drug-likeness (QED) is 0.886. The van der Waals surface area contributed by atoms with Gasteiger partial charge in [0.25, 0.3) is 0 Å². The summed E-state index contributed by atoms with van der Waals surface area (Å²) in [4.78, 5) is 0. The second-order valence-corrected chi connectivity index (χ2v) is 4.67. The maximum atomic E-state index is 13.9. The van der Waals surface area contributed by atoms with Crippen LogP contribution in [0.2, 0.25) is 0 Å². The van der Waals surface area contributed by atoms with Crippen molar-refractivity contribution in [3.05, 3.63) is 48.0 Å². The van der Waals surface area contributed by atoms with E-state index in [4.69, 9.17) is 10.5 Å². The van der Waals surface area contributed by atoms with E-state index in [2.05, 4.69) is 5.32 Å². The lowest BCUT2D eigenvalue weighted by atomic mass is 10.0. The summed E-state index contributed by atoms with van der Waals surface area (Å²) in [6.45, 7) is 0.837. The van der Waals surface area contributed by atoms with Crippen LogP contribution in [0.4, 0.5) is 14.5 Å². The van der Waals surface area contributed by atoms with Crippen molar-refractivity contribution in [2.24, 2.45) is 5.73 Å². The van der Waals surface area contributed by atoms with E-state index in [1.807, 2.05) is 0 Å². The third-order valence-corrected chi connectivity index (χ3v) is 3.29. The fraction of sp³-hybridized carbons (Fsp3) is 0.200. The van der Waals surface area contributed by atoms with Crippen LogP contribution >= 0.6 is 0 Å². The summed E-state index contributed by atoms with van der Waals surface area (Å²) in [7, 11) is 0. The second kappa shape index (κ2) is 5.09. The van der Waals surface area contributed by atoms with E-state index in [1.165, 1.54) is 18.2 Å². The van der Waals surface area contributed by atoms with E-state index >= 15 is 0 Å². The number of ether oxygens (including phenoxy) is 1. The zero-order valence-corrected chi connectivity index (χ0v) is 10.7. The average Bonchev–Trinajstić information content (AvgIpc) is 2.46. The smallest absolute Gasteiger partial charge is 0.151 e. The molecule has 104 valence electrons. The molecule has 0 fully saturated rings. The largest absolute Gasteiger partial charge is 0.484 e. The van der Waals surface area contributed by atoms with Crippen molar-refractivity contribution in [3.8, 4) is 16.9 Å². The number of hydrogen-bond acceptors (Lipinski definition) is 3. The van der Waals surface area contributed by atoms with Crippen molar-refractivity contribution in [3.63, 3.8) is 0 Å². The van der Waals surface area contributed by atoms with Gasteiger partial charge >= 0.3 is 0 Å². The standard InChI is InChI=1S/C15H14F2N2O/c16-9-5-12(11-3-1-2-4-13(11)17)15-14(6-9)19-8-10(7-18)20-15/h1-6,10,19H,7-8,18H2. The molecule has 5 heteroatoms. The molecule has 0 radical (unpaired) electrons. The minimum absolute atomic E-state index is 0.210. The molecule has 3 N–H and O–H groups in total. The lowest BCUT2D eigenvalue weighted by Gasteiger charge is -2.28. The lowest BCUT2D eigenvalue weighted by molar-refractivity contribution is 0.214. The van der Waals surface area contributed by atoms with Crippen LogP contribution in [0.1, 0.15) is 0 Å². The summed E-state index contributed by atoms with van der Waals surface area (Å²) in [6, 6.07) is 8.84. The fourth-order valence-corrected chi connectivity index (χ4v) is 2.30. The Morgan fingerprint density at radius 2 is 2.00 bits per heavy atom. The molecule has 1 unspecified atom stereocenters. The molecule has 2 aromatic carbocycles. The predicted molar refractivity (Wildman–Crippen MR) is 73.8 cm³/mol. The zero-order chi connectivity index (χ0) is 14.1. The fourth-order valence-electron chi connectivity index (χ4n) is 2.30. The van der Waals surface area contributed by atoms with E-state index in [-0.39, 0.29) is 6.10 Å². The predicted octanol–water partition coefficient (Wildman–Crippen LogP) is 2.76. The van der Waals surface area contributed by atoms with Gasteiger partial charge in [0.15, 0.2) is 5.75 Å². The van der Waals surface area contributed by atoms with Gasteiger partial charge in [-0.1, -0.05) is 18.2 Å². The molecule has 0 amide bonds. The van der Waals surface area contributed by atoms with Gasteiger partial charge in [-0.2, -0.15) is 0 Å². The van der Waals surface area contributed by atoms with Gasteiger partial charge in [-0.25, -0.2) is 8.78 Å². The Kier molecular flexibility index (Phi) is 3.28. The van der Waals surface area contributed by atoms with Gasteiger partial charge < -0.3 is 15.8 Å². The van der Waals surface area contributed by atoms with Gasteiger partial charge in [0.1, 0.15) is 17.7 Å². The number of anilines is 1. The molecule has 3 nitrogen and oxygen atoms in total. The SMILES string of the molecule is NCC1CNc2cc(F)cc(-c3ccccc3F)c2O1. The topological polar surface area (TPSA) is 47.3 Å². The van der Waals surface area contributed by atoms with Gasteiger partial charge in [-0.15, -0.1) is 0 Å². The summed E-state index contributed by atoms with van der Waals surface area (Å²) in [5, 5.41) is 3.07. The van der Waals surface area contributed by atoms with Crippen LogP contribution in [0.5, 0.6) is 5.75 Å². The van der Waals surface area contributed by atoms with Crippen LogP contribution in [0.25, 0.3) is 11.1 Å². The van der Waals surface area contributed by atoms with E-state index in [1.54, 1.807) is 18.2 Å². The van der Waals surface area contributed by atoms with Crippen LogP contribution in [0.15, 0.2) is 36.4 Å². The first-order chi connectivity index (χ1) is 9.69. The summed E-state index contributed by atoms with van der Waals surface area (Å²) < 4.78 is 33.4. The van der Waals surface area contributed by atoms with Gasteiger partial charge in [-0.05, 0) is 12.1 Å². The number of fused-ring (bicyclic) bond motifs is 1. The maximum Gasteiger partial charge on any atom is 0.151 e. The third kappa shape index (κ3) is 2.20. The number of hydrogen-bond donors (Lipinski definition) is 2. The van der Waals surface area contributed by atoms with Crippen LogP contribution in [-0.4, -0.2) is 19.2 Å². The number of nitrogens with two attached hydrogens (primary N) is 1. The molecular weight excluding hydrogens is 262 g/mol. The van der Waals surface area contributed by atoms with Crippen molar-refractivity contribution < 1.29 is 13.5 Å². The highest BCUT2D eigenvalue weighted by molar-refractivity contribution is 5.79. The molecule has 1 atom stereocenters. The highest BCUT2D eigenvalue weighted by Crippen LogP contribution is 2.40. The molecule has 1 aliphatic heterocycles. The Morgan fingerprint density at radius 3 is 2.75 bits per heavy atom. The Morgan fingerprint density at radius 1 is 1.20 bits per heavy atom. The summed E-state index contributed by atoms with van der Waals surface area (Å²) in [5.74, 6) is -0.415. The second-order valence-electron chi connectivity index (χ2n) is 4.67. The number of nitrogens with one attached hydrogen (secondary N) is 1. The first-order valence-corrected chi connectivity index (χ1v) is 6.38. The van der Waals surface area contributed by atoms with E-state index in [0.717, 1.165) is 0 Å². The molecule has 2 aromatic rings. The van der Waals surface area contributed by atoms with Crippen molar-refractivity contribution in [2.45, 2.75) is 6.10 Å². The lowest BCUT2D eigenvalue weighted by Crippen LogP contribution is -2.37. The highest BCUT2D eigenvalue weighted by Gasteiger charge is 2.23. The number of benzene rings is 2. The van der Waals surface area contributed by atoms with Gasteiger partial charge in [0, 0.05) is 23.7 Å². The molecule has 0 spiro atoms. The van der Waals surface area contributed by atoms with Crippen LogP contribution in [0.3, 0.4) is 0 Å². The Bertz CT molecular complexity index is 646. The first-order valence-electron chi connectivity index (χ1n) is 6.38. The zero-order valence-electron chi connectivity index (χ0n) is 10.7. The average molecular weight is 276 g/mol. The Hall–Kier alpha value is -2.14. The molecule has 0 bridgehead atoms. The van der Waals surface area contributed by atoms with Crippen molar-refractivity contribution >= 4 is 5.69 Å². The Labute approximate surface area is 115 Å². The molecule has 3 rings (SSSR count). The van der Waals surface area contributed by atoms with E-state index in [9.17, 15) is 8.78 Å².